The molecule has 2 aromatic carbocycles. The fourth-order valence-electron chi connectivity index (χ4n) is 1.96. The maximum atomic E-state index is 11.7. The highest BCUT2D eigenvalue weighted by Gasteiger charge is 2.05. The van der Waals surface area contributed by atoms with Gasteiger partial charge in [0.1, 0.15) is 5.75 Å². The third kappa shape index (κ3) is 4.19. The second kappa shape index (κ2) is 7.41. The van der Waals surface area contributed by atoms with Crippen molar-refractivity contribution in [1.82, 2.24) is 5.43 Å². The first-order valence-corrected chi connectivity index (χ1v) is 7.14. The minimum Gasteiger partial charge on any atom is -0.483 e. The third-order valence-electron chi connectivity index (χ3n) is 3.50. The number of ether oxygens (including phenoxy) is 1. The van der Waals surface area contributed by atoms with Gasteiger partial charge >= 0.3 is 0 Å². The van der Waals surface area contributed by atoms with Crippen molar-refractivity contribution in [3.8, 4) is 5.75 Å². The van der Waals surface area contributed by atoms with Crippen molar-refractivity contribution >= 4 is 12.1 Å². The summed E-state index contributed by atoms with van der Waals surface area (Å²) in [6, 6.07) is 13.6. The molecule has 0 fully saturated rings. The molecule has 0 atom stereocenters. The first-order valence-electron chi connectivity index (χ1n) is 7.14. The lowest BCUT2D eigenvalue weighted by atomic mass is 10.1. The Morgan fingerprint density at radius 2 is 1.82 bits per heavy atom. The maximum absolute atomic E-state index is 11.7. The molecule has 2 aromatic rings. The average molecular weight is 296 g/mol. The van der Waals surface area contributed by atoms with Gasteiger partial charge in [-0.1, -0.05) is 36.4 Å². The van der Waals surface area contributed by atoms with E-state index in [1.807, 2.05) is 63.2 Å². The van der Waals surface area contributed by atoms with Crippen LogP contribution in [0.4, 0.5) is 0 Å². The zero-order valence-corrected chi connectivity index (χ0v) is 13.1. The van der Waals surface area contributed by atoms with Crippen molar-refractivity contribution in [3.05, 3.63) is 64.7 Å². The topological polar surface area (TPSA) is 50.7 Å². The highest BCUT2D eigenvalue weighted by Crippen LogP contribution is 2.20. The second-order valence-corrected chi connectivity index (χ2v) is 5.14. The molecule has 0 bridgehead atoms. The highest BCUT2D eigenvalue weighted by molar-refractivity contribution is 5.84. The van der Waals surface area contributed by atoms with E-state index in [1.165, 1.54) is 0 Å². The summed E-state index contributed by atoms with van der Waals surface area (Å²) in [7, 11) is 0. The van der Waals surface area contributed by atoms with Gasteiger partial charge in [0.2, 0.25) is 0 Å². The van der Waals surface area contributed by atoms with Gasteiger partial charge in [-0.3, -0.25) is 4.79 Å². The molecular formula is C18H20N2O2. The first kappa shape index (κ1) is 15.8. The van der Waals surface area contributed by atoms with Crippen LogP contribution in [-0.2, 0) is 4.79 Å². The summed E-state index contributed by atoms with van der Waals surface area (Å²) in [4.78, 5) is 11.7. The largest absolute Gasteiger partial charge is 0.483 e. The van der Waals surface area contributed by atoms with Gasteiger partial charge in [0.05, 0.1) is 6.21 Å². The van der Waals surface area contributed by atoms with Gasteiger partial charge in [0.15, 0.2) is 6.61 Å². The van der Waals surface area contributed by atoms with Crippen LogP contribution in [0.25, 0.3) is 0 Å². The van der Waals surface area contributed by atoms with Crippen molar-refractivity contribution in [2.75, 3.05) is 6.61 Å². The van der Waals surface area contributed by atoms with E-state index < -0.39 is 0 Å². The molecule has 4 nitrogen and oxygen atoms in total. The zero-order chi connectivity index (χ0) is 15.9. The number of rotatable bonds is 5. The Balaban J connectivity index is 1.86. The Hall–Kier alpha value is -2.62. The molecule has 0 aliphatic rings. The second-order valence-electron chi connectivity index (χ2n) is 5.14. The quantitative estimate of drug-likeness (QED) is 0.680. The van der Waals surface area contributed by atoms with E-state index in [4.69, 9.17) is 4.74 Å². The van der Waals surface area contributed by atoms with Gasteiger partial charge in [-0.25, -0.2) is 5.43 Å². The van der Waals surface area contributed by atoms with Crippen LogP contribution in [0.1, 0.15) is 22.3 Å². The molecule has 1 amide bonds. The summed E-state index contributed by atoms with van der Waals surface area (Å²) >= 11 is 0. The van der Waals surface area contributed by atoms with Crippen molar-refractivity contribution in [3.63, 3.8) is 0 Å². The van der Waals surface area contributed by atoms with Gasteiger partial charge in [-0.2, -0.15) is 5.10 Å². The van der Waals surface area contributed by atoms with E-state index in [1.54, 1.807) is 6.21 Å². The monoisotopic (exact) mass is 296 g/mol. The molecule has 0 radical (unpaired) electrons. The van der Waals surface area contributed by atoms with Crippen LogP contribution in [0.15, 0.2) is 47.6 Å². The predicted octanol–water partition coefficient (Wildman–Crippen LogP) is 3.14. The SMILES string of the molecule is Cc1ccccc1C=NNC(=O)COc1cccc(C)c1C. The number of amides is 1. The normalized spacial score (nSPS) is 10.7. The van der Waals surface area contributed by atoms with Crippen LogP contribution < -0.4 is 10.2 Å². The number of aryl methyl sites for hydroxylation is 2. The van der Waals surface area contributed by atoms with Crippen LogP contribution in [0, 0.1) is 20.8 Å². The highest BCUT2D eigenvalue weighted by atomic mass is 16.5. The molecule has 0 saturated carbocycles. The van der Waals surface area contributed by atoms with Gasteiger partial charge in [0.25, 0.3) is 5.91 Å². The summed E-state index contributed by atoms with van der Waals surface area (Å²) in [5, 5.41) is 3.95. The van der Waals surface area contributed by atoms with E-state index in [0.29, 0.717) is 0 Å². The molecule has 114 valence electrons. The van der Waals surface area contributed by atoms with Gasteiger partial charge < -0.3 is 4.74 Å². The average Bonchev–Trinajstić information content (AvgIpc) is 2.51. The minimum absolute atomic E-state index is 0.0601. The molecule has 0 aromatic heterocycles. The number of carbonyl (C=O) groups excluding carboxylic acids is 1. The van der Waals surface area contributed by atoms with Crippen LogP contribution in [0.3, 0.4) is 0 Å². The molecule has 0 heterocycles. The minimum atomic E-state index is -0.286. The van der Waals surface area contributed by atoms with E-state index in [-0.39, 0.29) is 12.5 Å². The zero-order valence-electron chi connectivity index (χ0n) is 13.1. The molecule has 0 saturated heterocycles. The molecule has 2 rings (SSSR count). The van der Waals surface area contributed by atoms with Gasteiger partial charge in [-0.15, -0.1) is 0 Å². The number of nitrogens with zero attached hydrogens (tertiary/aromatic N) is 1. The van der Waals surface area contributed by atoms with Crippen molar-refractivity contribution in [2.45, 2.75) is 20.8 Å². The number of hydrazone groups is 1. The van der Waals surface area contributed by atoms with Crippen LogP contribution in [0.2, 0.25) is 0 Å². The molecule has 0 aliphatic carbocycles. The Labute approximate surface area is 130 Å². The summed E-state index contributed by atoms with van der Waals surface area (Å²) in [5.41, 5.74) is 6.72. The smallest absolute Gasteiger partial charge is 0.277 e. The summed E-state index contributed by atoms with van der Waals surface area (Å²) in [5.74, 6) is 0.434. The molecule has 0 spiro atoms. The molecule has 0 unspecified atom stereocenters. The van der Waals surface area contributed by atoms with Gasteiger partial charge in [0, 0.05) is 0 Å². The molecular weight excluding hydrogens is 276 g/mol. The fraction of sp³-hybridized carbons (Fsp3) is 0.222. The first-order chi connectivity index (χ1) is 10.6. The van der Waals surface area contributed by atoms with Gasteiger partial charge in [-0.05, 0) is 49.1 Å². The maximum Gasteiger partial charge on any atom is 0.277 e. The van der Waals surface area contributed by atoms with E-state index in [2.05, 4.69) is 10.5 Å². The molecule has 22 heavy (non-hydrogen) atoms. The van der Waals surface area contributed by atoms with Crippen molar-refractivity contribution in [1.29, 1.82) is 0 Å². The van der Waals surface area contributed by atoms with Crippen LogP contribution in [0.5, 0.6) is 5.75 Å². The van der Waals surface area contributed by atoms with Crippen molar-refractivity contribution in [2.24, 2.45) is 5.10 Å². The van der Waals surface area contributed by atoms with E-state index in [0.717, 1.165) is 28.0 Å². The Morgan fingerprint density at radius 1 is 1.09 bits per heavy atom. The lowest BCUT2D eigenvalue weighted by Crippen LogP contribution is -2.24. The third-order valence-corrected chi connectivity index (χ3v) is 3.50. The number of nitrogens with one attached hydrogen (secondary N) is 1. The molecule has 1 N–H and O–H groups in total. The van der Waals surface area contributed by atoms with E-state index in [9.17, 15) is 4.79 Å². The van der Waals surface area contributed by atoms with Crippen LogP contribution >= 0.6 is 0 Å². The standard InChI is InChI=1S/C18H20N2O2/c1-13-8-6-10-17(15(13)3)22-12-18(21)20-19-11-16-9-5-4-7-14(16)2/h4-11H,12H2,1-3H3,(H,20,21). The summed E-state index contributed by atoms with van der Waals surface area (Å²) in [6.07, 6.45) is 1.63. The summed E-state index contributed by atoms with van der Waals surface area (Å²) in [6.45, 7) is 5.91. The number of carbonyl (C=O) groups is 1. The predicted molar refractivity (Wildman–Crippen MR) is 88.3 cm³/mol. The molecule has 0 aliphatic heterocycles. The Kier molecular flexibility index (Phi) is 5.31. The van der Waals surface area contributed by atoms with E-state index >= 15 is 0 Å². The number of hydrogen-bond acceptors (Lipinski definition) is 3. The number of benzene rings is 2. The molecule has 4 heteroatoms. The fourth-order valence-corrected chi connectivity index (χ4v) is 1.96. The Bertz CT molecular complexity index is 693. The van der Waals surface area contributed by atoms with Crippen LogP contribution in [-0.4, -0.2) is 18.7 Å². The Morgan fingerprint density at radius 3 is 2.59 bits per heavy atom. The lowest BCUT2D eigenvalue weighted by molar-refractivity contribution is -0.123. The van der Waals surface area contributed by atoms with Crippen molar-refractivity contribution < 1.29 is 9.53 Å². The summed E-state index contributed by atoms with van der Waals surface area (Å²) < 4.78 is 5.52. The number of hydrogen-bond donors (Lipinski definition) is 1. The lowest BCUT2D eigenvalue weighted by Gasteiger charge is -2.09.